The van der Waals surface area contributed by atoms with Crippen molar-refractivity contribution in [1.82, 2.24) is 20.2 Å². The Balaban J connectivity index is 0.00000191. The molecule has 16 heteroatoms. The van der Waals surface area contributed by atoms with Crippen LogP contribution in [-0.2, 0) is 0 Å². The van der Waals surface area contributed by atoms with E-state index in [-0.39, 0.29) is 16.4 Å². The zero-order valence-corrected chi connectivity index (χ0v) is 23.3. The van der Waals surface area contributed by atoms with Crippen LogP contribution in [0.5, 0.6) is 0 Å². The summed E-state index contributed by atoms with van der Waals surface area (Å²) in [7, 11) is 0. The van der Waals surface area contributed by atoms with Crippen molar-refractivity contribution in [3.63, 3.8) is 0 Å². The average molecular weight is 604 g/mol. The number of nitrogens with zero attached hydrogens (tertiary/aromatic N) is 3. The van der Waals surface area contributed by atoms with E-state index in [0.29, 0.717) is 17.4 Å². The van der Waals surface area contributed by atoms with E-state index in [0.717, 1.165) is 11.1 Å². The lowest BCUT2D eigenvalue weighted by atomic mass is 10.1. The van der Waals surface area contributed by atoms with Crippen molar-refractivity contribution >= 4 is 29.0 Å². The number of nitrogens with one attached hydrogen (secondary N) is 2. The highest BCUT2D eigenvalue weighted by Gasteiger charge is 2.46. The number of halogens is 7. The number of aliphatic hydroxyl groups is 1. The third-order valence-electron chi connectivity index (χ3n) is 5.10. The zero-order chi connectivity index (χ0) is 30.8. The number of aliphatic hydroxyl groups excluding tert-OH is 1. The minimum Gasteiger partial charge on any atom is -0.395 e. The summed E-state index contributed by atoms with van der Waals surface area (Å²) in [5, 5.41) is 12.7. The second-order valence-electron chi connectivity index (χ2n) is 7.94. The van der Waals surface area contributed by atoms with E-state index in [2.05, 4.69) is 15.3 Å². The smallest absolute Gasteiger partial charge is 0.395 e. The molecule has 40 heavy (non-hydrogen) atoms. The number of thiazole rings is 1. The lowest BCUT2D eigenvalue weighted by Gasteiger charge is -2.20. The molecular weight excluding hydrogens is 571 g/mol. The van der Waals surface area contributed by atoms with Gasteiger partial charge in [-0.15, -0.1) is 11.3 Å². The van der Waals surface area contributed by atoms with E-state index >= 15 is 0 Å². The van der Waals surface area contributed by atoms with Gasteiger partial charge in [-0.3, -0.25) is 9.59 Å². The Labute approximate surface area is 231 Å². The van der Waals surface area contributed by atoms with Gasteiger partial charge in [-0.2, -0.15) is 13.2 Å². The summed E-state index contributed by atoms with van der Waals surface area (Å²) < 4.78 is 93.1. The number of hydrogen-bond donors (Lipinski definition) is 3. The minimum absolute atomic E-state index is 0.185. The van der Waals surface area contributed by atoms with Crippen molar-refractivity contribution in [3.8, 4) is 10.4 Å². The molecule has 0 aromatic carbocycles. The summed E-state index contributed by atoms with van der Waals surface area (Å²) >= 11 is 0.501. The molecule has 0 bridgehead atoms. The summed E-state index contributed by atoms with van der Waals surface area (Å²) in [6.45, 7) is 6.27. The number of alkyl halides is 7. The van der Waals surface area contributed by atoms with Crippen LogP contribution in [0.2, 0.25) is 0 Å². The van der Waals surface area contributed by atoms with Crippen molar-refractivity contribution in [2.45, 2.75) is 65.6 Å². The molecule has 0 spiro atoms. The van der Waals surface area contributed by atoms with Gasteiger partial charge in [0.25, 0.3) is 24.2 Å². The minimum atomic E-state index is -4.64. The summed E-state index contributed by atoms with van der Waals surface area (Å²) in [6, 6.07) is -0.256. The van der Waals surface area contributed by atoms with Gasteiger partial charge in [0, 0.05) is 36.3 Å². The molecular formula is C24H32F7N5O3S. The highest BCUT2D eigenvalue weighted by Crippen LogP contribution is 2.40. The second kappa shape index (κ2) is 15.1. The van der Waals surface area contributed by atoms with Crippen LogP contribution in [-0.4, -0.2) is 76.2 Å². The summed E-state index contributed by atoms with van der Waals surface area (Å²) in [5.74, 6) is -5.60. The molecule has 3 heterocycles. The molecule has 226 valence electrons. The van der Waals surface area contributed by atoms with Crippen LogP contribution >= 0.6 is 11.3 Å². The first-order valence-electron chi connectivity index (χ1n) is 12.4. The van der Waals surface area contributed by atoms with Gasteiger partial charge in [0.1, 0.15) is 18.1 Å². The van der Waals surface area contributed by atoms with Gasteiger partial charge in [0.15, 0.2) is 5.01 Å². The lowest BCUT2D eigenvalue weighted by Crippen LogP contribution is -2.35. The molecule has 3 N–H and O–H groups in total. The molecule has 1 aliphatic heterocycles. The number of amides is 2. The maximum Gasteiger partial charge on any atom is 0.405 e. The van der Waals surface area contributed by atoms with E-state index in [9.17, 15) is 40.3 Å². The van der Waals surface area contributed by atoms with E-state index in [4.69, 9.17) is 5.11 Å². The van der Waals surface area contributed by atoms with Crippen molar-refractivity contribution in [1.29, 1.82) is 0 Å². The summed E-state index contributed by atoms with van der Waals surface area (Å²) in [4.78, 5) is 33.7. The zero-order valence-electron chi connectivity index (χ0n) is 22.5. The van der Waals surface area contributed by atoms with E-state index in [1.165, 1.54) is 6.92 Å². The standard InChI is InChI=1S/C20H20F7N5O3S.2C2H6/c1-9-5-19(23,24)8-32(9)18(35)13-14(36-17(31-13)16(34)28-2-3-33)11-6-29-12(4-10(11)15(21)22)30-7-20(25,26)27;2*1-2/h4,6,9,15,33H,2-3,5,7-8H2,1H3,(H,28,34)(H,29,30);2*1-2H3. The average Bonchev–Trinajstić information content (AvgIpc) is 3.47. The molecule has 8 nitrogen and oxygen atoms in total. The molecule has 1 unspecified atom stereocenters. The Morgan fingerprint density at radius 1 is 1.23 bits per heavy atom. The molecule has 0 saturated carbocycles. The Bertz CT molecular complexity index is 1130. The number of anilines is 1. The summed E-state index contributed by atoms with van der Waals surface area (Å²) in [5.41, 5.74) is -1.77. The van der Waals surface area contributed by atoms with Crippen LogP contribution in [0.1, 0.15) is 73.3 Å². The fourth-order valence-corrected chi connectivity index (χ4v) is 4.54. The first kappa shape index (κ1) is 35.0. The van der Waals surface area contributed by atoms with Crippen molar-refractivity contribution < 1.29 is 45.4 Å². The van der Waals surface area contributed by atoms with Crippen molar-refractivity contribution in [2.24, 2.45) is 0 Å². The molecule has 1 fully saturated rings. The van der Waals surface area contributed by atoms with Crippen molar-refractivity contribution in [3.05, 3.63) is 28.5 Å². The van der Waals surface area contributed by atoms with Gasteiger partial charge in [0.05, 0.1) is 18.0 Å². The van der Waals surface area contributed by atoms with E-state index < -0.39 is 85.1 Å². The normalized spacial score (nSPS) is 16.1. The van der Waals surface area contributed by atoms with Gasteiger partial charge in [-0.1, -0.05) is 27.7 Å². The Morgan fingerprint density at radius 3 is 2.35 bits per heavy atom. The van der Waals surface area contributed by atoms with E-state index in [1.54, 1.807) is 0 Å². The van der Waals surface area contributed by atoms with Crippen LogP contribution in [0, 0.1) is 0 Å². The maximum absolute atomic E-state index is 13.9. The number of hydrogen-bond acceptors (Lipinski definition) is 7. The Morgan fingerprint density at radius 2 is 1.85 bits per heavy atom. The quantitative estimate of drug-likeness (QED) is 0.331. The number of carbonyl (C=O) groups is 2. The number of likely N-dealkylation sites (tertiary alicyclic amines) is 1. The number of pyridine rings is 1. The predicted molar refractivity (Wildman–Crippen MR) is 137 cm³/mol. The molecule has 1 saturated heterocycles. The SMILES string of the molecule is CC.CC.CC1CC(F)(F)CN1C(=O)c1nc(C(=O)NCCO)sc1-c1cnc(NCC(F)(F)F)cc1C(F)F. The second-order valence-corrected chi connectivity index (χ2v) is 8.94. The van der Waals surface area contributed by atoms with Gasteiger partial charge < -0.3 is 20.6 Å². The fraction of sp³-hybridized carbons (Fsp3) is 0.583. The van der Waals surface area contributed by atoms with Gasteiger partial charge in [0.2, 0.25) is 0 Å². The number of aromatic nitrogens is 2. The first-order chi connectivity index (χ1) is 18.7. The predicted octanol–water partition coefficient (Wildman–Crippen LogP) is 5.76. The third kappa shape index (κ3) is 9.28. The third-order valence-corrected chi connectivity index (χ3v) is 6.18. The van der Waals surface area contributed by atoms with Gasteiger partial charge in [-0.25, -0.2) is 27.5 Å². The van der Waals surface area contributed by atoms with E-state index in [1.807, 2.05) is 33.0 Å². The van der Waals surface area contributed by atoms with Gasteiger partial charge >= 0.3 is 6.18 Å². The molecule has 0 radical (unpaired) electrons. The van der Waals surface area contributed by atoms with Crippen LogP contribution in [0.3, 0.4) is 0 Å². The number of carbonyl (C=O) groups excluding carboxylic acids is 2. The molecule has 2 aromatic rings. The van der Waals surface area contributed by atoms with Gasteiger partial charge in [-0.05, 0) is 13.0 Å². The largest absolute Gasteiger partial charge is 0.405 e. The van der Waals surface area contributed by atoms with Crippen LogP contribution < -0.4 is 10.6 Å². The molecule has 2 amide bonds. The van der Waals surface area contributed by atoms with Crippen LogP contribution in [0.4, 0.5) is 36.6 Å². The molecule has 0 aliphatic carbocycles. The van der Waals surface area contributed by atoms with Crippen molar-refractivity contribution in [2.75, 3.05) is 31.6 Å². The Hall–Kier alpha value is -3.01. The Kier molecular flexibility index (Phi) is 13.2. The molecule has 1 aliphatic rings. The maximum atomic E-state index is 13.9. The lowest BCUT2D eigenvalue weighted by molar-refractivity contribution is -0.115. The first-order valence-corrected chi connectivity index (χ1v) is 13.2. The topological polar surface area (TPSA) is 107 Å². The monoisotopic (exact) mass is 603 g/mol. The highest BCUT2D eigenvalue weighted by atomic mass is 32.1. The number of rotatable bonds is 8. The fourth-order valence-electron chi connectivity index (χ4n) is 3.54. The van der Waals surface area contributed by atoms with Crippen LogP contribution in [0.15, 0.2) is 12.3 Å². The van der Waals surface area contributed by atoms with Crippen LogP contribution in [0.25, 0.3) is 10.4 Å². The molecule has 1 atom stereocenters. The summed E-state index contributed by atoms with van der Waals surface area (Å²) in [6.07, 6.45) is -7.72. The molecule has 2 aromatic heterocycles. The molecule has 3 rings (SSSR count). The highest BCUT2D eigenvalue weighted by molar-refractivity contribution is 7.17.